The van der Waals surface area contributed by atoms with E-state index in [1.54, 1.807) is 16.2 Å². The number of alkyl halides is 3. The highest BCUT2D eigenvalue weighted by Gasteiger charge is 2.41. The third kappa shape index (κ3) is 3.63. The zero-order valence-corrected chi connectivity index (χ0v) is 16.3. The highest BCUT2D eigenvalue weighted by Crippen LogP contribution is 2.42. The number of hydrogen-bond acceptors (Lipinski definition) is 3. The molecule has 0 aliphatic carbocycles. The zero-order chi connectivity index (χ0) is 17.6. The summed E-state index contributed by atoms with van der Waals surface area (Å²) in [6, 6.07) is 10.8. The highest BCUT2D eigenvalue weighted by atomic mass is 35.6. The fraction of sp³-hybridized carbons (Fsp3) is 0.389. The normalized spacial score (nSPS) is 23.0. The van der Waals surface area contributed by atoms with Crippen LogP contribution in [0.2, 0.25) is 0 Å². The average Bonchev–Trinajstić information content (AvgIpc) is 3.11. The van der Waals surface area contributed by atoms with Crippen LogP contribution in [-0.4, -0.2) is 33.5 Å². The van der Waals surface area contributed by atoms with Gasteiger partial charge < -0.3 is 4.74 Å². The molecule has 1 fully saturated rings. The Hall–Kier alpha value is -0.940. The number of ether oxygens (including phenoxy) is 1. The quantitative estimate of drug-likeness (QED) is 0.559. The molecule has 2 atom stereocenters. The minimum atomic E-state index is -1.58. The van der Waals surface area contributed by atoms with Gasteiger partial charge in [-0.1, -0.05) is 59.1 Å². The largest absolute Gasteiger partial charge is 0.445 e. The first kappa shape index (κ1) is 17.5. The van der Waals surface area contributed by atoms with E-state index in [1.807, 2.05) is 0 Å². The van der Waals surface area contributed by atoms with Gasteiger partial charge in [-0.05, 0) is 42.4 Å². The van der Waals surface area contributed by atoms with Crippen LogP contribution < -0.4 is 0 Å². The Labute approximate surface area is 165 Å². The summed E-state index contributed by atoms with van der Waals surface area (Å²) in [5, 5.41) is 1.26. The predicted molar refractivity (Wildman–Crippen MR) is 105 cm³/mol. The molecule has 2 aromatic rings. The first-order valence-corrected chi connectivity index (χ1v) is 10.1. The van der Waals surface area contributed by atoms with E-state index in [2.05, 4.69) is 36.4 Å². The molecule has 2 aliphatic rings. The van der Waals surface area contributed by atoms with Gasteiger partial charge in [-0.2, -0.15) is 0 Å². The molecule has 25 heavy (non-hydrogen) atoms. The average molecular weight is 417 g/mol. The summed E-state index contributed by atoms with van der Waals surface area (Å²) in [6.07, 6.45) is 4.56. The molecular formula is C18H16Cl3NO2S. The molecule has 2 unspecified atom stereocenters. The summed E-state index contributed by atoms with van der Waals surface area (Å²) >= 11 is 18.8. The Bertz CT molecular complexity index is 809. The molecule has 1 amide bonds. The number of hydrogen-bond donors (Lipinski definition) is 0. The molecule has 132 valence electrons. The van der Waals surface area contributed by atoms with Gasteiger partial charge in [0, 0.05) is 15.6 Å². The predicted octanol–water partition coefficient (Wildman–Crippen LogP) is 6.03. The van der Waals surface area contributed by atoms with Crippen molar-refractivity contribution >= 4 is 67.9 Å². The van der Waals surface area contributed by atoms with E-state index < -0.39 is 9.89 Å². The number of thiophene rings is 1. The molecule has 1 aromatic heterocycles. The van der Waals surface area contributed by atoms with Gasteiger partial charge in [-0.3, -0.25) is 4.90 Å². The lowest BCUT2D eigenvalue weighted by Crippen LogP contribution is -2.43. The Morgan fingerprint density at radius 2 is 2.08 bits per heavy atom. The Kier molecular flexibility index (Phi) is 4.65. The van der Waals surface area contributed by atoms with Gasteiger partial charge in [0.05, 0.1) is 6.04 Å². The van der Waals surface area contributed by atoms with Gasteiger partial charge in [-0.15, -0.1) is 11.3 Å². The summed E-state index contributed by atoms with van der Waals surface area (Å²) < 4.78 is 4.89. The van der Waals surface area contributed by atoms with Crippen LogP contribution in [0.4, 0.5) is 4.79 Å². The summed E-state index contributed by atoms with van der Waals surface area (Å²) in [7, 11) is 0. The molecule has 0 saturated carbocycles. The Morgan fingerprint density at radius 1 is 1.28 bits per heavy atom. The topological polar surface area (TPSA) is 29.5 Å². The van der Waals surface area contributed by atoms with Crippen molar-refractivity contribution in [3.8, 4) is 0 Å². The summed E-state index contributed by atoms with van der Waals surface area (Å²) in [5.74, 6) is 0. The SMILES string of the molecule is O=C(OCC(Cl)(Cl)Cl)N1C2C=C(c3cc4ccccc4s3)CC1CC2. The number of rotatable bonds is 2. The molecule has 2 bridgehead atoms. The van der Waals surface area contributed by atoms with Crippen molar-refractivity contribution in [1.82, 2.24) is 4.90 Å². The van der Waals surface area contributed by atoms with Crippen molar-refractivity contribution in [2.24, 2.45) is 0 Å². The van der Waals surface area contributed by atoms with E-state index in [4.69, 9.17) is 39.5 Å². The van der Waals surface area contributed by atoms with Crippen molar-refractivity contribution in [1.29, 1.82) is 0 Å². The van der Waals surface area contributed by atoms with Gasteiger partial charge in [0.25, 0.3) is 0 Å². The molecule has 0 radical (unpaired) electrons. The van der Waals surface area contributed by atoms with Gasteiger partial charge in [0.1, 0.15) is 6.61 Å². The van der Waals surface area contributed by atoms with Crippen molar-refractivity contribution in [2.45, 2.75) is 35.1 Å². The second-order valence-corrected chi connectivity index (χ2v) is 10.0. The number of nitrogens with zero attached hydrogens (tertiary/aromatic N) is 1. The molecule has 0 N–H and O–H groups in total. The lowest BCUT2D eigenvalue weighted by Gasteiger charge is -2.33. The van der Waals surface area contributed by atoms with Crippen LogP contribution in [0.1, 0.15) is 24.1 Å². The smallest absolute Gasteiger partial charge is 0.410 e. The number of benzene rings is 1. The van der Waals surface area contributed by atoms with Crippen LogP contribution in [0.5, 0.6) is 0 Å². The Balaban J connectivity index is 1.54. The Morgan fingerprint density at radius 3 is 2.80 bits per heavy atom. The molecular weight excluding hydrogens is 401 g/mol. The molecule has 4 rings (SSSR count). The van der Waals surface area contributed by atoms with Crippen molar-refractivity contribution in [3.63, 3.8) is 0 Å². The number of halogens is 3. The van der Waals surface area contributed by atoms with Crippen LogP contribution >= 0.6 is 46.1 Å². The lowest BCUT2D eigenvalue weighted by molar-refractivity contribution is 0.0905. The van der Waals surface area contributed by atoms with Crippen molar-refractivity contribution in [3.05, 3.63) is 41.3 Å². The summed E-state index contributed by atoms with van der Waals surface area (Å²) in [4.78, 5) is 15.5. The third-order valence-electron chi connectivity index (χ3n) is 4.71. The number of carbonyl (C=O) groups is 1. The molecule has 3 nitrogen and oxygen atoms in total. The minimum Gasteiger partial charge on any atom is -0.445 e. The standard InChI is InChI=1S/C18H16Cl3NO2S/c19-18(20,21)10-24-17(23)22-13-5-6-14(22)8-12(7-13)16-9-11-3-1-2-4-15(11)25-16/h1-4,7,9,13-14H,5-6,8,10H2. The van der Waals surface area contributed by atoms with E-state index >= 15 is 0 Å². The van der Waals surface area contributed by atoms with Crippen LogP contribution in [0, 0.1) is 0 Å². The second kappa shape index (κ2) is 6.66. The van der Waals surface area contributed by atoms with Crippen molar-refractivity contribution in [2.75, 3.05) is 6.61 Å². The number of amides is 1. The maximum absolute atomic E-state index is 12.4. The second-order valence-electron chi connectivity index (χ2n) is 6.42. The molecule has 3 heterocycles. The molecule has 1 saturated heterocycles. The first-order chi connectivity index (χ1) is 11.9. The molecule has 2 aliphatic heterocycles. The van der Waals surface area contributed by atoms with Crippen LogP contribution in [0.25, 0.3) is 15.7 Å². The highest BCUT2D eigenvalue weighted by molar-refractivity contribution is 7.20. The first-order valence-electron chi connectivity index (χ1n) is 8.12. The third-order valence-corrected chi connectivity index (χ3v) is 6.23. The van der Waals surface area contributed by atoms with Gasteiger partial charge in [-0.25, -0.2) is 4.79 Å². The van der Waals surface area contributed by atoms with E-state index in [0.717, 1.165) is 19.3 Å². The summed E-state index contributed by atoms with van der Waals surface area (Å²) in [5.41, 5.74) is 1.32. The molecule has 7 heteroatoms. The fourth-order valence-electron chi connectivity index (χ4n) is 3.66. The molecule has 0 spiro atoms. The maximum Gasteiger partial charge on any atom is 0.410 e. The van der Waals surface area contributed by atoms with Gasteiger partial charge in [0.2, 0.25) is 3.79 Å². The van der Waals surface area contributed by atoms with Gasteiger partial charge >= 0.3 is 6.09 Å². The van der Waals surface area contributed by atoms with E-state index in [1.165, 1.54) is 20.5 Å². The lowest BCUT2D eigenvalue weighted by atomic mass is 10.00. The van der Waals surface area contributed by atoms with E-state index in [0.29, 0.717) is 0 Å². The summed E-state index contributed by atoms with van der Waals surface area (Å²) in [6.45, 7) is -0.237. The monoisotopic (exact) mass is 415 g/mol. The number of fused-ring (bicyclic) bond motifs is 3. The number of carbonyl (C=O) groups excluding carboxylic acids is 1. The van der Waals surface area contributed by atoms with Crippen LogP contribution in [-0.2, 0) is 4.74 Å². The molecule has 1 aromatic carbocycles. The van der Waals surface area contributed by atoms with E-state index in [9.17, 15) is 4.79 Å². The maximum atomic E-state index is 12.4. The zero-order valence-electron chi connectivity index (χ0n) is 13.3. The van der Waals surface area contributed by atoms with E-state index in [-0.39, 0.29) is 18.7 Å². The fourth-order valence-corrected chi connectivity index (χ4v) is 4.92. The van der Waals surface area contributed by atoms with Crippen LogP contribution in [0.15, 0.2) is 36.4 Å². The van der Waals surface area contributed by atoms with Crippen LogP contribution in [0.3, 0.4) is 0 Å². The van der Waals surface area contributed by atoms with Gasteiger partial charge in [0.15, 0.2) is 0 Å². The van der Waals surface area contributed by atoms with Crippen molar-refractivity contribution < 1.29 is 9.53 Å². The minimum absolute atomic E-state index is 0.0573.